The molecule has 34 heavy (non-hydrogen) atoms. The summed E-state index contributed by atoms with van der Waals surface area (Å²) >= 11 is 0. The van der Waals surface area contributed by atoms with E-state index in [0.29, 0.717) is 24.6 Å². The number of hydrogen-bond donors (Lipinski definition) is 1. The Hall–Kier alpha value is -3.62. The zero-order valence-electron chi connectivity index (χ0n) is 19.6. The number of benzene rings is 2. The Morgan fingerprint density at radius 2 is 1.76 bits per heavy atom. The van der Waals surface area contributed by atoms with Gasteiger partial charge in [-0.1, -0.05) is 18.2 Å². The molecule has 174 valence electrons. The van der Waals surface area contributed by atoms with Crippen molar-refractivity contribution in [1.82, 2.24) is 14.9 Å². The van der Waals surface area contributed by atoms with E-state index < -0.39 is 0 Å². The summed E-state index contributed by atoms with van der Waals surface area (Å²) in [5.74, 6) is 0.580. The van der Waals surface area contributed by atoms with Crippen molar-refractivity contribution < 1.29 is 19.6 Å². The van der Waals surface area contributed by atoms with Crippen LogP contribution in [-0.4, -0.2) is 59.0 Å². The number of nitrogens with two attached hydrogens (primary N) is 1. The molecule has 0 aliphatic carbocycles. The molecule has 3 heterocycles. The van der Waals surface area contributed by atoms with Crippen LogP contribution in [0.4, 0.5) is 17.3 Å². The number of anilines is 1. The van der Waals surface area contributed by atoms with Gasteiger partial charge in [0, 0.05) is 55.2 Å². The molecule has 0 bridgehead atoms. The van der Waals surface area contributed by atoms with Crippen LogP contribution >= 0.6 is 0 Å². The molecule has 2 unspecified atom stereocenters. The van der Waals surface area contributed by atoms with Crippen molar-refractivity contribution in [3.05, 3.63) is 65.9 Å². The van der Waals surface area contributed by atoms with Gasteiger partial charge < -0.3 is 14.5 Å². The largest absolute Gasteiger partial charge is 0.372 e. The van der Waals surface area contributed by atoms with E-state index in [1.165, 1.54) is 0 Å². The third-order valence-electron chi connectivity index (χ3n) is 6.28. The first-order chi connectivity index (χ1) is 16.4. The van der Waals surface area contributed by atoms with E-state index in [4.69, 9.17) is 9.72 Å². The fourth-order valence-electron chi connectivity index (χ4n) is 4.63. The van der Waals surface area contributed by atoms with E-state index in [2.05, 4.69) is 4.98 Å². The average Bonchev–Trinajstić information content (AvgIpc) is 2.93. The van der Waals surface area contributed by atoms with Crippen molar-refractivity contribution >= 4 is 29.1 Å². The summed E-state index contributed by atoms with van der Waals surface area (Å²) < 4.78 is 5.73. The predicted molar refractivity (Wildman–Crippen MR) is 128 cm³/mol. The normalized spacial score (nSPS) is 19.9. The predicted octanol–water partition coefficient (Wildman–Crippen LogP) is 2.44. The maximum absolute atomic E-state index is 12.9. The number of nitrogens with zero attached hydrogens (tertiary/aromatic N) is 4. The van der Waals surface area contributed by atoms with Crippen LogP contribution in [0.25, 0.3) is 11.3 Å². The van der Waals surface area contributed by atoms with Crippen LogP contribution in [0.5, 0.6) is 0 Å². The Labute approximate surface area is 198 Å². The van der Waals surface area contributed by atoms with E-state index in [1.807, 2.05) is 72.6 Å². The summed E-state index contributed by atoms with van der Waals surface area (Å²) in [7, 11) is 1.79. The first-order valence-electron chi connectivity index (χ1n) is 11.5. The summed E-state index contributed by atoms with van der Waals surface area (Å²) in [6.45, 7) is 5.17. The minimum atomic E-state index is 0.0100. The van der Waals surface area contributed by atoms with Crippen LogP contribution in [0.1, 0.15) is 29.8 Å². The second-order valence-electron chi connectivity index (χ2n) is 8.98. The molecule has 1 fully saturated rings. The van der Waals surface area contributed by atoms with Crippen molar-refractivity contribution in [2.45, 2.75) is 32.5 Å². The first kappa shape index (κ1) is 22.2. The molecule has 0 spiro atoms. The zero-order chi connectivity index (χ0) is 23.8. The maximum Gasteiger partial charge on any atom is 0.331 e. The average molecular weight is 459 g/mol. The molecule has 0 saturated carbocycles. The highest BCUT2D eigenvalue weighted by Crippen LogP contribution is 2.34. The minimum Gasteiger partial charge on any atom is -0.372 e. The molecule has 0 radical (unpaired) electrons. The molecule has 1 aromatic heterocycles. The van der Waals surface area contributed by atoms with Gasteiger partial charge in [0.15, 0.2) is 0 Å². The number of rotatable bonds is 3. The van der Waals surface area contributed by atoms with Crippen LogP contribution in [0.15, 0.2) is 54.7 Å². The van der Waals surface area contributed by atoms with Crippen molar-refractivity contribution in [2.75, 3.05) is 25.0 Å². The minimum absolute atomic E-state index is 0.0100. The highest BCUT2D eigenvalue weighted by molar-refractivity contribution is 6.01. The van der Waals surface area contributed by atoms with E-state index in [9.17, 15) is 9.59 Å². The van der Waals surface area contributed by atoms with Crippen LogP contribution in [-0.2, 0) is 16.0 Å². The molecule has 5 rings (SSSR count). The van der Waals surface area contributed by atoms with Gasteiger partial charge in [0.05, 0.1) is 30.0 Å². The Kier molecular flexibility index (Phi) is 5.85. The number of morpholine rings is 1. The molecular weight excluding hydrogens is 430 g/mol. The number of likely N-dealkylation sites (N-methyl/N-ethyl adjacent to an activating group) is 1. The lowest BCUT2D eigenvalue weighted by Crippen LogP contribution is -2.72. The van der Waals surface area contributed by atoms with Crippen LogP contribution < -0.4 is 10.2 Å². The van der Waals surface area contributed by atoms with Gasteiger partial charge in [0.25, 0.3) is 5.91 Å². The molecule has 8 heteroatoms. The number of hydrogen-bond acceptors (Lipinski definition) is 5. The third-order valence-corrected chi connectivity index (χ3v) is 6.28. The number of ether oxygens (including phenoxy) is 1. The number of quaternary nitrogens is 1. The summed E-state index contributed by atoms with van der Waals surface area (Å²) in [4.78, 5) is 38.3. The fraction of sp³-hybridized carbons (Fsp3) is 0.308. The third kappa shape index (κ3) is 4.30. The topological polar surface area (TPSA) is 92.2 Å². The summed E-state index contributed by atoms with van der Waals surface area (Å²) in [5.41, 5.74) is 4.89. The molecule has 2 aliphatic heterocycles. The van der Waals surface area contributed by atoms with Crippen molar-refractivity contribution in [3.8, 4) is 11.3 Å². The van der Waals surface area contributed by atoms with Gasteiger partial charge >= 0.3 is 5.95 Å². The number of amides is 2. The number of carbonyl (C=O) groups excluding carboxylic acids is 2. The van der Waals surface area contributed by atoms with Gasteiger partial charge in [0.1, 0.15) is 5.69 Å². The smallest absolute Gasteiger partial charge is 0.331 e. The molecule has 2 amide bonds. The summed E-state index contributed by atoms with van der Waals surface area (Å²) in [5, 5.41) is 1.88. The van der Waals surface area contributed by atoms with E-state index >= 15 is 0 Å². The summed E-state index contributed by atoms with van der Waals surface area (Å²) in [6, 6.07) is 15.3. The lowest BCUT2D eigenvalue weighted by Gasteiger charge is -2.35. The van der Waals surface area contributed by atoms with Crippen LogP contribution in [0.3, 0.4) is 0 Å². The zero-order valence-corrected chi connectivity index (χ0v) is 19.6. The second kappa shape index (κ2) is 8.96. The van der Waals surface area contributed by atoms with Crippen molar-refractivity contribution in [1.29, 1.82) is 0 Å². The molecular formula is C26H28N5O3+. The second-order valence-corrected chi connectivity index (χ2v) is 8.98. The number of fused-ring (bicyclic) bond motifs is 3. The Balaban J connectivity index is 1.37. The molecule has 8 nitrogen and oxygen atoms in total. The van der Waals surface area contributed by atoms with E-state index in [-0.39, 0.29) is 30.4 Å². The summed E-state index contributed by atoms with van der Waals surface area (Å²) in [6.07, 6.45) is 2.06. The number of aromatic nitrogens is 2. The van der Waals surface area contributed by atoms with Crippen molar-refractivity contribution in [3.63, 3.8) is 0 Å². The van der Waals surface area contributed by atoms with Gasteiger partial charge in [-0.3, -0.25) is 9.59 Å². The fourth-order valence-corrected chi connectivity index (χ4v) is 4.63. The van der Waals surface area contributed by atoms with E-state index in [0.717, 1.165) is 28.2 Å². The number of carbonyl (C=O) groups is 2. The Bertz CT molecular complexity index is 1230. The Morgan fingerprint density at radius 3 is 2.50 bits per heavy atom. The van der Waals surface area contributed by atoms with Gasteiger partial charge in [0.2, 0.25) is 5.91 Å². The SMILES string of the molecule is CC1CN(C(=O)c2ccc([NH2+]c3ncc4c(n3)-c3ccccc3N(C)C(=O)C4)cc2)CC(C)O1. The van der Waals surface area contributed by atoms with Gasteiger partial charge in [-0.15, -0.1) is 0 Å². The molecule has 2 aliphatic rings. The quantitative estimate of drug-likeness (QED) is 0.609. The van der Waals surface area contributed by atoms with Crippen molar-refractivity contribution in [2.24, 2.45) is 0 Å². The standard InChI is InChI=1S/C26H27N5O3/c1-16-14-31(15-17(2)34-16)25(33)18-8-10-20(11-9-18)28-26-27-13-19-12-23(32)30(3)22-7-5-4-6-21(22)24(19)29-26/h4-11,13,16-17H,12,14-15H2,1-3H3,(H,27,28,29)/p+1. The molecule has 2 atom stereocenters. The molecule has 2 N–H and O–H groups in total. The Morgan fingerprint density at radius 1 is 1.06 bits per heavy atom. The molecule has 1 saturated heterocycles. The van der Waals surface area contributed by atoms with Gasteiger partial charge in [-0.25, -0.2) is 5.32 Å². The lowest BCUT2D eigenvalue weighted by atomic mass is 10.1. The van der Waals surface area contributed by atoms with Crippen LogP contribution in [0.2, 0.25) is 0 Å². The molecule has 3 aromatic rings. The van der Waals surface area contributed by atoms with Crippen LogP contribution in [0, 0.1) is 0 Å². The monoisotopic (exact) mass is 458 g/mol. The van der Waals surface area contributed by atoms with Gasteiger partial charge in [-0.2, -0.15) is 9.97 Å². The number of para-hydroxylation sites is 1. The first-order valence-corrected chi connectivity index (χ1v) is 11.5. The highest BCUT2D eigenvalue weighted by Gasteiger charge is 2.27. The van der Waals surface area contributed by atoms with E-state index in [1.54, 1.807) is 18.1 Å². The maximum atomic E-state index is 12.9. The highest BCUT2D eigenvalue weighted by atomic mass is 16.5. The molecule has 2 aromatic carbocycles. The van der Waals surface area contributed by atoms with Gasteiger partial charge in [-0.05, 0) is 32.0 Å². The lowest BCUT2D eigenvalue weighted by molar-refractivity contribution is -0.487.